The number of nitriles is 1. The Morgan fingerprint density at radius 3 is 2.64 bits per heavy atom. The minimum Gasteiger partial charge on any atom is -0.497 e. The number of aromatic amines is 1. The molecule has 0 atom stereocenters. The number of ether oxygens (including phenoxy) is 2. The summed E-state index contributed by atoms with van der Waals surface area (Å²) in [6.45, 7) is 0.291. The Kier molecular flexibility index (Phi) is 6.43. The maximum absolute atomic E-state index is 11.0. The van der Waals surface area contributed by atoms with Crippen LogP contribution in [0.1, 0.15) is 27.3 Å². The van der Waals surface area contributed by atoms with Gasteiger partial charge in [-0.05, 0) is 69.5 Å². The summed E-state index contributed by atoms with van der Waals surface area (Å²) in [7, 11) is 1.60. The summed E-state index contributed by atoms with van der Waals surface area (Å²) in [5.74, 6) is 0.844. The smallest absolute Gasteiger partial charge is 0.335 e. The zero-order valence-corrected chi connectivity index (χ0v) is 19.1. The number of halogens is 1. The topological polar surface area (TPSA) is 108 Å². The molecule has 0 spiro atoms. The van der Waals surface area contributed by atoms with E-state index >= 15 is 0 Å². The van der Waals surface area contributed by atoms with E-state index in [2.05, 4.69) is 32.0 Å². The monoisotopic (exact) mass is 503 g/mol. The van der Waals surface area contributed by atoms with Crippen molar-refractivity contribution in [2.75, 3.05) is 7.11 Å². The normalized spacial score (nSPS) is 11.2. The highest BCUT2D eigenvalue weighted by molar-refractivity contribution is 9.10. The standard InChI is InChI=1S/C25H18BrN3O4/c1-32-19-7-8-21-22(12-19)29-24(28-21)18(13-27)10-16-4-9-23(20(26)11-16)33-14-15-2-5-17(6-3-15)25(30)31/h2-12H,14H2,1H3,(H,28,29)(H,30,31)/b18-10-. The number of allylic oxidation sites excluding steroid dienone is 1. The van der Waals surface area contributed by atoms with Crippen LogP contribution in [0.3, 0.4) is 0 Å². The van der Waals surface area contributed by atoms with Gasteiger partial charge < -0.3 is 19.6 Å². The largest absolute Gasteiger partial charge is 0.497 e. The quantitative estimate of drug-likeness (QED) is 0.314. The van der Waals surface area contributed by atoms with Crippen molar-refractivity contribution in [2.24, 2.45) is 0 Å². The number of nitrogens with one attached hydrogen (secondary N) is 1. The van der Waals surface area contributed by atoms with E-state index in [4.69, 9.17) is 14.6 Å². The minimum atomic E-state index is -0.965. The molecule has 8 heteroatoms. The fourth-order valence-electron chi connectivity index (χ4n) is 3.19. The number of benzene rings is 3. The number of nitrogens with zero attached hydrogens (tertiary/aromatic N) is 2. The fraction of sp³-hybridized carbons (Fsp3) is 0.0800. The van der Waals surface area contributed by atoms with E-state index in [1.165, 1.54) is 0 Å². The number of H-pyrrole nitrogens is 1. The molecule has 7 nitrogen and oxygen atoms in total. The van der Waals surface area contributed by atoms with Crippen LogP contribution < -0.4 is 9.47 Å². The number of fused-ring (bicyclic) bond motifs is 1. The van der Waals surface area contributed by atoms with Crippen LogP contribution in [-0.4, -0.2) is 28.2 Å². The van der Waals surface area contributed by atoms with E-state index < -0.39 is 5.97 Å². The molecule has 0 unspecified atom stereocenters. The van der Waals surface area contributed by atoms with Crippen LogP contribution in [0.4, 0.5) is 0 Å². The Bertz CT molecular complexity index is 1400. The zero-order valence-electron chi connectivity index (χ0n) is 17.5. The summed E-state index contributed by atoms with van der Waals surface area (Å²) in [5, 5.41) is 18.7. The number of carbonyl (C=O) groups is 1. The molecule has 4 rings (SSSR count). The number of aromatic nitrogens is 2. The molecule has 0 aliphatic heterocycles. The molecule has 164 valence electrons. The van der Waals surface area contributed by atoms with Gasteiger partial charge in [0.05, 0.1) is 33.8 Å². The van der Waals surface area contributed by atoms with E-state index in [0.717, 1.165) is 26.6 Å². The third kappa shape index (κ3) is 5.05. The van der Waals surface area contributed by atoms with E-state index in [1.54, 1.807) is 43.5 Å². The summed E-state index contributed by atoms with van der Waals surface area (Å²) in [5.41, 5.74) is 3.80. The van der Waals surface area contributed by atoms with E-state index in [1.807, 2.05) is 30.3 Å². The molecule has 2 N–H and O–H groups in total. The van der Waals surface area contributed by atoms with Crippen molar-refractivity contribution in [3.8, 4) is 17.6 Å². The fourth-order valence-corrected chi connectivity index (χ4v) is 3.70. The SMILES string of the molecule is COc1ccc2nc(/C(C#N)=C\c3ccc(OCc4ccc(C(=O)O)cc4)c(Br)c3)[nH]c2c1. The van der Waals surface area contributed by atoms with Crippen molar-refractivity contribution in [1.29, 1.82) is 5.26 Å². The van der Waals surface area contributed by atoms with E-state index in [0.29, 0.717) is 29.5 Å². The van der Waals surface area contributed by atoms with Gasteiger partial charge in [0.1, 0.15) is 30.0 Å². The molecule has 0 bridgehead atoms. The maximum Gasteiger partial charge on any atom is 0.335 e. The Hall–Kier alpha value is -4.09. The lowest BCUT2D eigenvalue weighted by atomic mass is 10.1. The number of methoxy groups -OCH3 is 1. The first-order valence-corrected chi connectivity index (χ1v) is 10.7. The first-order valence-electron chi connectivity index (χ1n) is 9.87. The van der Waals surface area contributed by atoms with Gasteiger partial charge in [-0.15, -0.1) is 0 Å². The highest BCUT2D eigenvalue weighted by Gasteiger charge is 2.10. The molecule has 0 amide bonds. The molecule has 1 aromatic heterocycles. The third-order valence-corrected chi connectivity index (χ3v) is 5.55. The van der Waals surface area contributed by atoms with Gasteiger partial charge in [-0.1, -0.05) is 18.2 Å². The number of hydrogen-bond acceptors (Lipinski definition) is 5. The highest BCUT2D eigenvalue weighted by Crippen LogP contribution is 2.29. The molecular formula is C25H18BrN3O4. The lowest BCUT2D eigenvalue weighted by Gasteiger charge is -2.09. The summed E-state index contributed by atoms with van der Waals surface area (Å²) < 4.78 is 11.8. The summed E-state index contributed by atoms with van der Waals surface area (Å²) >= 11 is 3.51. The number of carboxylic acids is 1. The minimum absolute atomic E-state index is 0.230. The van der Waals surface area contributed by atoms with Crippen LogP contribution in [0.5, 0.6) is 11.5 Å². The molecule has 0 radical (unpaired) electrons. The first-order chi connectivity index (χ1) is 16.0. The molecule has 33 heavy (non-hydrogen) atoms. The van der Waals surface area contributed by atoms with Gasteiger partial charge >= 0.3 is 5.97 Å². The van der Waals surface area contributed by atoms with Crippen LogP contribution in [0.2, 0.25) is 0 Å². The second-order valence-corrected chi connectivity index (χ2v) is 7.97. The average molecular weight is 504 g/mol. The molecule has 4 aromatic rings. The van der Waals surface area contributed by atoms with Crippen LogP contribution in [0.15, 0.2) is 65.1 Å². The number of carboxylic acid groups (broad SMARTS) is 1. The number of imidazole rings is 1. The number of aromatic carboxylic acids is 1. The van der Waals surface area contributed by atoms with Gasteiger partial charge in [0.15, 0.2) is 0 Å². The Balaban J connectivity index is 1.51. The van der Waals surface area contributed by atoms with E-state index in [9.17, 15) is 10.1 Å². The Morgan fingerprint density at radius 1 is 1.18 bits per heavy atom. The predicted octanol–water partition coefficient (Wildman–Crippen LogP) is 5.68. The zero-order chi connectivity index (χ0) is 23.4. The van der Waals surface area contributed by atoms with Gasteiger partial charge in [0.25, 0.3) is 0 Å². The molecular weight excluding hydrogens is 486 g/mol. The van der Waals surface area contributed by atoms with Crippen molar-refractivity contribution in [2.45, 2.75) is 6.61 Å². The first kappa shape index (κ1) is 22.1. The van der Waals surface area contributed by atoms with Crippen LogP contribution in [0, 0.1) is 11.3 Å². The van der Waals surface area contributed by atoms with Crippen molar-refractivity contribution >= 4 is 44.6 Å². The molecule has 0 saturated carbocycles. The number of rotatable bonds is 7. The molecule has 3 aromatic carbocycles. The van der Waals surface area contributed by atoms with Gasteiger partial charge in [-0.2, -0.15) is 5.26 Å². The maximum atomic E-state index is 11.0. The molecule has 0 aliphatic carbocycles. The highest BCUT2D eigenvalue weighted by atomic mass is 79.9. The van der Waals surface area contributed by atoms with Crippen molar-refractivity contribution in [3.05, 3.63) is 87.7 Å². The van der Waals surface area contributed by atoms with E-state index in [-0.39, 0.29) is 5.56 Å². The van der Waals surface area contributed by atoms with Gasteiger partial charge in [0.2, 0.25) is 0 Å². The van der Waals surface area contributed by atoms with Crippen LogP contribution in [-0.2, 0) is 6.61 Å². The lowest BCUT2D eigenvalue weighted by molar-refractivity contribution is 0.0697. The Labute approximate surface area is 198 Å². The van der Waals surface area contributed by atoms with Crippen LogP contribution in [0.25, 0.3) is 22.7 Å². The molecule has 0 aliphatic rings. The summed E-state index contributed by atoms with van der Waals surface area (Å²) in [6, 6.07) is 19.7. The Morgan fingerprint density at radius 2 is 1.97 bits per heavy atom. The average Bonchev–Trinajstić information content (AvgIpc) is 3.25. The summed E-state index contributed by atoms with van der Waals surface area (Å²) in [6.07, 6.45) is 1.74. The van der Waals surface area contributed by atoms with Crippen LogP contribution >= 0.6 is 15.9 Å². The molecule has 1 heterocycles. The van der Waals surface area contributed by atoms with Gasteiger partial charge in [0, 0.05) is 6.07 Å². The van der Waals surface area contributed by atoms with Crippen molar-refractivity contribution in [1.82, 2.24) is 9.97 Å². The third-order valence-electron chi connectivity index (χ3n) is 4.93. The predicted molar refractivity (Wildman–Crippen MR) is 128 cm³/mol. The second kappa shape index (κ2) is 9.59. The lowest BCUT2D eigenvalue weighted by Crippen LogP contribution is -1.99. The summed E-state index contributed by atoms with van der Waals surface area (Å²) in [4.78, 5) is 18.6. The van der Waals surface area contributed by atoms with Gasteiger partial charge in [-0.25, -0.2) is 9.78 Å². The second-order valence-electron chi connectivity index (χ2n) is 7.12. The number of hydrogen-bond donors (Lipinski definition) is 2. The van der Waals surface area contributed by atoms with Crippen molar-refractivity contribution < 1.29 is 19.4 Å². The van der Waals surface area contributed by atoms with Crippen molar-refractivity contribution in [3.63, 3.8) is 0 Å². The molecule has 0 fully saturated rings. The molecule has 0 saturated heterocycles. The van der Waals surface area contributed by atoms with Gasteiger partial charge in [-0.3, -0.25) is 0 Å².